The quantitative estimate of drug-likeness (QED) is 0.566. The van der Waals surface area contributed by atoms with Crippen LogP contribution in [0.1, 0.15) is 24.8 Å². The molecule has 3 rings (SSSR count). The van der Waals surface area contributed by atoms with Gasteiger partial charge in [0.1, 0.15) is 10.7 Å². The van der Waals surface area contributed by atoms with Crippen molar-refractivity contribution in [3.63, 3.8) is 0 Å². The number of hydrogen-bond acceptors (Lipinski definition) is 4. The number of pyridine rings is 1. The molecule has 1 saturated heterocycles. The molecule has 0 amide bonds. The van der Waals surface area contributed by atoms with Crippen molar-refractivity contribution in [2.24, 2.45) is 0 Å². The van der Waals surface area contributed by atoms with Crippen LogP contribution >= 0.6 is 11.3 Å². The van der Waals surface area contributed by atoms with Crippen LogP contribution in [0.4, 0.5) is 27.6 Å². The summed E-state index contributed by atoms with van der Waals surface area (Å²) in [5.74, 6) is -5.33. The van der Waals surface area contributed by atoms with Crippen LogP contribution in [0.5, 0.6) is 0 Å². The van der Waals surface area contributed by atoms with E-state index in [0.717, 1.165) is 35.3 Å². The van der Waals surface area contributed by atoms with Crippen molar-refractivity contribution >= 4 is 17.0 Å². The molecule has 3 heterocycles. The van der Waals surface area contributed by atoms with Crippen molar-refractivity contribution in [3.8, 4) is 10.7 Å². The molecule has 1 aliphatic rings. The molecule has 27 heavy (non-hydrogen) atoms. The van der Waals surface area contributed by atoms with E-state index in [0.29, 0.717) is 19.2 Å². The number of thiazole rings is 1. The predicted molar refractivity (Wildman–Crippen MR) is 89.8 cm³/mol. The van der Waals surface area contributed by atoms with Crippen molar-refractivity contribution in [1.82, 2.24) is 9.66 Å². The van der Waals surface area contributed by atoms with E-state index in [1.165, 1.54) is 11.6 Å². The zero-order valence-corrected chi connectivity index (χ0v) is 14.6. The van der Waals surface area contributed by atoms with Crippen LogP contribution in [0.25, 0.3) is 15.5 Å². The lowest BCUT2D eigenvalue weighted by atomic mass is 10.1. The standard InChI is InChI=1S/C16H13F5N4OS/c1-22-12-10(15(17,18)16(19,20)21)9-11(13-23-5-8-27-13)25(14(12)26)24-6-3-2-4-7-24/h5,8-9H,2-4,6-7H2. The monoisotopic (exact) mass is 404 g/mol. The Morgan fingerprint density at radius 3 is 2.33 bits per heavy atom. The van der Waals surface area contributed by atoms with Gasteiger partial charge in [0.2, 0.25) is 0 Å². The summed E-state index contributed by atoms with van der Waals surface area (Å²) in [5, 5.41) is 3.20. The van der Waals surface area contributed by atoms with Crippen molar-refractivity contribution in [2.75, 3.05) is 18.1 Å². The molecule has 2 aromatic heterocycles. The van der Waals surface area contributed by atoms with E-state index >= 15 is 0 Å². The highest BCUT2D eigenvalue weighted by molar-refractivity contribution is 7.13. The summed E-state index contributed by atoms with van der Waals surface area (Å²) in [6.45, 7) is 7.89. The Bertz CT molecular complexity index is 924. The maximum Gasteiger partial charge on any atom is 0.456 e. The number of rotatable bonds is 3. The summed E-state index contributed by atoms with van der Waals surface area (Å²) >= 11 is 1.00. The topological polar surface area (TPSA) is 42.5 Å². The smallest absolute Gasteiger partial charge is 0.310 e. The van der Waals surface area contributed by atoms with Gasteiger partial charge < -0.3 is 5.01 Å². The van der Waals surface area contributed by atoms with Crippen molar-refractivity contribution in [1.29, 1.82) is 0 Å². The summed E-state index contributed by atoms with van der Waals surface area (Å²) in [6.07, 6.45) is -2.20. The molecule has 0 aromatic carbocycles. The average molecular weight is 404 g/mol. The van der Waals surface area contributed by atoms with Gasteiger partial charge in [-0.3, -0.25) is 4.79 Å². The highest BCUT2D eigenvalue weighted by atomic mass is 32.1. The fraction of sp³-hybridized carbons (Fsp3) is 0.438. The zero-order chi connectivity index (χ0) is 19.8. The maximum absolute atomic E-state index is 14.0. The molecule has 0 radical (unpaired) electrons. The Morgan fingerprint density at radius 1 is 1.15 bits per heavy atom. The van der Waals surface area contributed by atoms with Crippen LogP contribution in [0.15, 0.2) is 22.4 Å². The summed E-state index contributed by atoms with van der Waals surface area (Å²) in [6, 6.07) is 0.565. The summed E-state index contributed by atoms with van der Waals surface area (Å²) in [7, 11) is 0. The second-order valence-corrected chi connectivity index (χ2v) is 6.84. The first-order valence-corrected chi connectivity index (χ1v) is 8.84. The first-order chi connectivity index (χ1) is 12.7. The zero-order valence-electron chi connectivity index (χ0n) is 13.8. The number of halogens is 5. The Hall–Kier alpha value is -2.48. The fourth-order valence-corrected chi connectivity index (χ4v) is 3.59. The third-order valence-electron chi connectivity index (χ3n) is 4.23. The van der Waals surface area contributed by atoms with Gasteiger partial charge in [-0.2, -0.15) is 22.0 Å². The van der Waals surface area contributed by atoms with Gasteiger partial charge in [0.15, 0.2) is 0 Å². The minimum absolute atomic E-state index is 0.119. The molecule has 144 valence electrons. The van der Waals surface area contributed by atoms with Gasteiger partial charge in [-0.25, -0.2) is 14.5 Å². The molecule has 0 aliphatic carbocycles. The van der Waals surface area contributed by atoms with E-state index < -0.39 is 28.9 Å². The molecule has 0 spiro atoms. The van der Waals surface area contributed by atoms with E-state index in [1.54, 1.807) is 5.01 Å². The lowest BCUT2D eigenvalue weighted by Gasteiger charge is -2.33. The molecule has 0 unspecified atom stereocenters. The molecule has 1 aliphatic heterocycles. The molecule has 11 heteroatoms. The fourth-order valence-electron chi connectivity index (χ4n) is 2.95. The molecule has 0 bridgehead atoms. The van der Waals surface area contributed by atoms with E-state index in [4.69, 9.17) is 6.57 Å². The Kier molecular flexibility index (Phi) is 4.94. The predicted octanol–water partition coefficient (Wildman–Crippen LogP) is 4.30. The number of alkyl halides is 5. The van der Waals surface area contributed by atoms with E-state index in [-0.39, 0.29) is 10.7 Å². The van der Waals surface area contributed by atoms with Gasteiger partial charge in [0, 0.05) is 30.2 Å². The van der Waals surface area contributed by atoms with Crippen LogP contribution in [0, 0.1) is 6.57 Å². The van der Waals surface area contributed by atoms with Crippen LogP contribution in [0.3, 0.4) is 0 Å². The lowest BCUT2D eigenvalue weighted by molar-refractivity contribution is -0.289. The summed E-state index contributed by atoms with van der Waals surface area (Å²) in [5.41, 5.74) is -4.25. The molecule has 0 atom stereocenters. The number of hydrogen-bond donors (Lipinski definition) is 0. The molecular weight excluding hydrogens is 391 g/mol. The second kappa shape index (κ2) is 6.92. The number of piperidine rings is 1. The Labute approximate surface area is 154 Å². The normalized spacial score (nSPS) is 15.6. The molecule has 1 fully saturated rings. The first-order valence-electron chi connectivity index (χ1n) is 7.96. The molecular formula is C16H13F5N4OS. The van der Waals surface area contributed by atoms with Gasteiger partial charge >= 0.3 is 12.1 Å². The lowest BCUT2D eigenvalue weighted by Crippen LogP contribution is -2.47. The maximum atomic E-state index is 14.0. The van der Waals surface area contributed by atoms with Gasteiger partial charge in [-0.15, -0.1) is 11.3 Å². The van der Waals surface area contributed by atoms with Crippen LogP contribution in [-0.2, 0) is 5.92 Å². The third kappa shape index (κ3) is 3.29. The third-order valence-corrected chi connectivity index (χ3v) is 5.03. The Balaban J connectivity index is 2.33. The largest absolute Gasteiger partial charge is 0.456 e. The van der Waals surface area contributed by atoms with Gasteiger partial charge in [-0.05, 0) is 25.3 Å². The highest BCUT2D eigenvalue weighted by Gasteiger charge is 2.60. The average Bonchev–Trinajstić information content (AvgIpc) is 3.15. The van der Waals surface area contributed by atoms with Gasteiger partial charge in [0.25, 0.3) is 11.2 Å². The van der Waals surface area contributed by atoms with E-state index in [1.807, 2.05) is 0 Å². The van der Waals surface area contributed by atoms with E-state index in [2.05, 4.69) is 9.83 Å². The molecule has 5 nitrogen and oxygen atoms in total. The SMILES string of the molecule is [C-]#[N+]c1c(C(F)(F)C(F)(F)F)cc(-c2nccs2)n(N2CCCCC2)c1=O. The van der Waals surface area contributed by atoms with Crippen LogP contribution in [-0.4, -0.2) is 28.9 Å². The Morgan fingerprint density at radius 2 is 1.81 bits per heavy atom. The summed E-state index contributed by atoms with van der Waals surface area (Å²) in [4.78, 5) is 19.5. The van der Waals surface area contributed by atoms with Crippen LogP contribution < -0.4 is 10.6 Å². The number of aromatic nitrogens is 2. The minimum Gasteiger partial charge on any atom is -0.310 e. The van der Waals surface area contributed by atoms with Crippen LogP contribution in [0.2, 0.25) is 0 Å². The first kappa shape index (κ1) is 19.3. The van der Waals surface area contributed by atoms with Gasteiger partial charge in [0.05, 0.1) is 6.57 Å². The van der Waals surface area contributed by atoms with Crippen molar-refractivity contribution in [3.05, 3.63) is 45.0 Å². The molecule has 0 N–H and O–H groups in total. The van der Waals surface area contributed by atoms with E-state index in [9.17, 15) is 26.7 Å². The molecule has 0 saturated carbocycles. The molecule has 2 aromatic rings. The van der Waals surface area contributed by atoms with Crippen molar-refractivity contribution in [2.45, 2.75) is 31.4 Å². The van der Waals surface area contributed by atoms with Gasteiger partial charge in [-0.1, -0.05) is 0 Å². The van der Waals surface area contributed by atoms with Crippen molar-refractivity contribution < 1.29 is 22.0 Å². The number of nitrogens with zero attached hydrogens (tertiary/aromatic N) is 4. The highest BCUT2D eigenvalue weighted by Crippen LogP contribution is 2.47. The minimum atomic E-state index is -5.93. The second-order valence-electron chi connectivity index (χ2n) is 5.94. The summed E-state index contributed by atoms with van der Waals surface area (Å²) < 4.78 is 67.8.